The minimum atomic E-state index is -0.316. The van der Waals surface area contributed by atoms with Crippen LogP contribution < -0.4 is 5.56 Å². The predicted molar refractivity (Wildman–Crippen MR) is 108 cm³/mol. The van der Waals surface area contributed by atoms with Crippen LogP contribution in [0, 0.1) is 0 Å². The van der Waals surface area contributed by atoms with E-state index in [-0.39, 0.29) is 23.3 Å². The van der Waals surface area contributed by atoms with Crippen molar-refractivity contribution in [1.29, 1.82) is 0 Å². The van der Waals surface area contributed by atoms with Gasteiger partial charge in [0.2, 0.25) is 0 Å². The first-order valence-corrected chi connectivity index (χ1v) is 9.88. The number of thioether (sulfide) groups is 1. The molecule has 3 rings (SSSR count). The van der Waals surface area contributed by atoms with Gasteiger partial charge in [0.1, 0.15) is 11.0 Å². The standard InChI is InChI=1S/C20H23N3O3S/c1-5-26-16(24)12-27-20-21-17-15(14-9-7-6-8-10-14)11-22(4)18(17)19(25)23(20)13(2)3/h6-11,13H,5,12H2,1-4H3. The zero-order valence-corrected chi connectivity index (χ0v) is 16.7. The van der Waals surface area contributed by atoms with Gasteiger partial charge in [-0.1, -0.05) is 42.1 Å². The molecule has 6 nitrogen and oxygen atoms in total. The molecule has 0 fully saturated rings. The number of ether oxygens (including phenoxy) is 1. The molecule has 0 N–H and O–H groups in total. The zero-order valence-electron chi connectivity index (χ0n) is 15.9. The fraction of sp³-hybridized carbons (Fsp3) is 0.350. The van der Waals surface area contributed by atoms with Crippen molar-refractivity contribution >= 4 is 28.8 Å². The maximum Gasteiger partial charge on any atom is 0.316 e. The van der Waals surface area contributed by atoms with E-state index in [9.17, 15) is 9.59 Å². The average Bonchev–Trinajstić information content (AvgIpc) is 2.97. The molecule has 1 aromatic carbocycles. The van der Waals surface area contributed by atoms with E-state index in [1.165, 1.54) is 11.8 Å². The number of hydrogen-bond acceptors (Lipinski definition) is 5. The van der Waals surface area contributed by atoms with E-state index in [1.807, 2.05) is 62.0 Å². The van der Waals surface area contributed by atoms with Crippen molar-refractivity contribution in [2.45, 2.75) is 32.0 Å². The third-order valence-corrected chi connectivity index (χ3v) is 5.14. The first kappa shape index (κ1) is 19.2. The average molecular weight is 385 g/mol. The van der Waals surface area contributed by atoms with Gasteiger partial charge in [0.15, 0.2) is 5.16 Å². The number of carbonyl (C=O) groups excluding carboxylic acids is 1. The summed E-state index contributed by atoms with van der Waals surface area (Å²) in [6.07, 6.45) is 1.93. The quantitative estimate of drug-likeness (QED) is 0.368. The van der Waals surface area contributed by atoms with Crippen molar-refractivity contribution in [3.63, 3.8) is 0 Å². The number of hydrogen-bond donors (Lipinski definition) is 0. The highest BCUT2D eigenvalue weighted by Gasteiger charge is 2.20. The van der Waals surface area contributed by atoms with E-state index in [1.54, 1.807) is 11.5 Å². The van der Waals surface area contributed by atoms with Gasteiger partial charge in [-0.3, -0.25) is 14.2 Å². The van der Waals surface area contributed by atoms with Crippen molar-refractivity contribution in [2.75, 3.05) is 12.4 Å². The zero-order chi connectivity index (χ0) is 19.6. The van der Waals surface area contributed by atoms with Gasteiger partial charge >= 0.3 is 5.97 Å². The summed E-state index contributed by atoms with van der Waals surface area (Å²) in [6.45, 7) is 5.97. The van der Waals surface area contributed by atoms with Crippen LogP contribution in [0.3, 0.4) is 0 Å². The predicted octanol–water partition coefficient (Wildman–Crippen LogP) is 3.64. The second-order valence-electron chi connectivity index (χ2n) is 6.47. The van der Waals surface area contributed by atoms with Gasteiger partial charge in [-0.25, -0.2) is 4.98 Å². The summed E-state index contributed by atoms with van der Waals surface area (Å²) in [7, 11) is 1.86. The highest BCUT2D eigenvalue weighted by atomic mass is 32.2. The van der Waals surface area contributed by atoms with Gasteiger partial charge in [-0.05, 0) is 26.3 Å². The van der Waals surface area contributed by atoms with Crippen molar-refractivity contribution in [2.24, 2.45) is 7.05 Å². The van der Waals surface area contributed by atoms with E-state index >= 15 is 0 Å². The fourth-order valence-corrected chi connectivity index (χ4v) is 3.96. The molecule has 0 aliphatic rings. The lowest BCUT2D eigenvalue weighted by Crippen LogP contribution is -2.26. The monoisotopic (exact) mass is 385 g/mol. The van der Waals surface area contributed by atoms with Crippen LogP contribution in [0.15, 0.2) is 46.5 Å². The molecule has 0 saturated carbocycles. The Morgan fingerprint density at radius 1 is 1.26 bits per heavy atom. The van der Waals surface area contributed by atoms with Crippen LogP contribution in [0.4, 0.5) is 0 Å². The van der Waals surface area contributed by atoms with Crippen LogP contribution in [0.1, 0.15) is 26.8 Å². The second-order valence-corrected chi connectivity index (χ2v) is 7.42. The van der Waals surface area contributed by atoms with Crippen LogP contribution in [-0.4, -0.2) is 32.4 Å². The molecule has 142 valence electrons. The van der Waals surface area contributed by atoms with E-state index in [0.717, 1.165) is 11.1 Å². The van der Waals surface area contributed by atoms with Crippen molar-refractivity contribution in [3.05, 3.63) is 46.9 Å². The number of rotatable bonds is 6. The van der Waals surface area contributed by atoms with Crippen LogP contribution in [-0.2, 0) is 16.6 Å². The lowest BCUT2D eigenvalue weighted by atomic mass is 10.1. The Bertz CT molecular complexity index is 1020. The van der Waals surface area contributed by atoms with Gasteiger partial charge in [-0.2, -0.15) is 0 Å². The lowest BCUT2D eigenvalue weighted by Gasteiger charge is -2.15. The molecule has 0 aliphatic heterocycles. The SMILES string of the molecule is CCOC(=O)CSc1nc2c(-c3ccccc3)cn(C)c2c(=O)n1C(C)C. The number of aryl methyl sites for hydroxylation is 1. The first-order chi connectivity index (χ1) is 12.9. The van der Waals surface area contributed by atoms with E-state index in [4.69, 9.17) is 9.72 Å². The Hall–Kier alpha value is -2.54. The van der Waals surface area contributed by atoms with Crippen LogP contribution >= 0.6 is 11.8 Å². The number of nitrogens with zero attached hydrogens (tertiary/aromatic N) is 3. The Morgan fingerprint density at radius 3 is 2.59 bits per heavy atom. The number of esters is 1. The maximum atomic E-state index is 13.2. The Morgan fingerprint density at radius 2 is 1.96 bits per heavy atom. The molecule has 7 heteroatoms. The molecule has 0 spiro atoms. The highest BCUT2D eigenvalue weighted by Crippen LogP contribution is 2.29. The van der Waals surface area contributed by atoms with Gasteiger partial charge in [-0.15, -0.1) is 0 Å². The molecule has 27 heavy (non-hydrogen) atoms. The third-order valence-electron chi connectivity index (χ3n) is 4.22. The molecule has 0 atom stereocenters. The summed E-state index contributed by atoms with van der Waals surface area (Å²) >= 11 is 1.23. The summed E-state index contributed by atoms with van der Waals surface area (Å²) in [6, 6.07) is 9.79. The van der Waals surface area contributed by atoms with Crippen molar-refractivity contribution in [1.82, 2.24) is 14.1 Å². The fourth-order valence-electron chi connectivity index (χ4n) is 3.04. The Kier molecular flexibility index (Phi) is 5.70. The van der Waals surface area contributed by atoms with E-state index in [2.05, 4.69) is 0 Å². The lowest BCUT2D eigenvalue weighted by molar-refractivity contribution is -0.139. The van der Waals surface area contributed by atoms with E-state index in [0.29, 0.717) is 22.8 Å². The Balaban J connectivity index is 2.18. The summed E-state index contributed by atoms with van der Waals surface area (Å²) in [4.78, 5) is 29.8. The largest absolute Gasteiger partial charge is 0.465 e. The maximum absolute atomic E-state index is 13.2. The van der Waals surface area contributed by atoms with Crippen LogP contribution in [0.2, 0.25) is 0 Å². The molecule has 0 saturated heterocycles. The molecule has 0 unspecified atom stereocenters. The minimum absolute atomic E-state index is 0.0748. The number of benzene rings is 1. The van der Waals surface area contributed by atoms with Crippen LogP contribution in [0.25, 0.3) is 22.2 Å². The molecule has 0 radical (unpaired) electrons. The summed E-state index contributed by atoms with van der Waals surface area (Å²) in [5, 5.41) is 0.527. The molecule has 2 heterocycles. The van der Waals surface area contributed by atoms with Crippen molar-refractivity contribution < 1.29 is 9.53 Å². The topological polar surface area (TPSA) is 66.1 Å². The summed E-state index contributed by atoms with van der Waals surface area (Å²) < 4.78 is 8.46. The first-order valence-electron chi connectivity index (χ1n) is 8.89. The van der Waals surface area contributed by atoms with Gasteiger partial charge in [0.05, 0.1) is 12.4 Å². The summed E-state index contributed by atoms with van der Waals surface area (Å²) in [5.74, 6) is -0.199. The highest BCUT2D eigenvalue weighted by molar-refractivity contribution is 7.99. The second kappa shape index (κ2) is 8.00. The normalized spacial score (nSPS) is 11.3. The van der Waals surface area contributed by atoms with Crippen LogP contribution in [0.5, 0.6) is 0 Å². The van der Waals surface area contributed by atoms with Crippen molar-refractivity contribution in [3.8, 4) is 11.1 Å². The molecule has 0 aliphatic carbocycles. The van der Waals surface area contributed by atoms with Gasteiger partial charge < -0.3 is 9.30 Å². The third kappa shape index (κ3) is 3.78. The molecule has 0 amide bonds. The number of fused-ring (bicyclic) bond motifs is 1. The number of aromatic nitrogens is 3. The van der Waals surface area contributed by atoms with Gasteiger partial charge in [0.25, 0.3) is 5.56 Å². The van der Waals surface area contributed by atoms with Gasteiger partial charge in [0, 0.05) is 24.8 Å². The van der Waals surface area contributed by atoms with E-state index < -0.39 is 0 Å². The molecule has 3 aromatic rings. The molecular weight excluding hydrogens is 362 g/mol. The minimum Gasteiger partial charge on any atom is -0.465 e. The number of carbonyl (C=O) groups is 1. The summed E-state index contributed by atoms with van der Waals surface area (Å²) in [5.41, 5.74) is 3.00. The smallest absolute Gasteiger partial charge is 0.316 e. The Labute approximate surface area is 162 Å². The molecule has 0 bridgehead atoms. The molecule has 2 aromatic heterocycles. The molecular formula is C20H23N3O3S.